The minimum Gasteiger partial charge on any atom is -0.497 e. The summed E-state index contributed by atoms with van der Waals surface area (Å²) in [5.41, 5.74) is 4.62. The average molecular weight is 738 g/mol. The minimum atomic E-state index is -0.407. The predicted octanol–water partition coefficient (Wildman–Crippen LogP) is 11.0. The highest BCUT2D eigenvalue weighted by atomic mass is 19.1. The van der Waals surface area contributed by atoms with Crippen LogP contribution in [0.4, 0.5) is 32.8 Å². The third-order valence-corrected chi connectivity index (χ3v) is 9.00. The average Bonchev–Trinajstić information content (AvgIpc) is 3.66. The molecule has 2 atom stereocenters. The van der Waals surface area contributed by atoms with Crippen LogP contribution in [0.2, 0.25) is 0 Å². The summed E-state index contributed by atoms with van der Waals surface area (Å²) >= 11 is 0. The zero-order valence-electron chi connectivity index (χ0n) is 31.5. The highest BCUT2D eigenvalue weighted by Gasteiger charge is 2.37. The summed E-state index contributed by atoms with van der Waals surface area (Å²) in [5.74, 6) is 1.04. The number of nitrogens with one attached hydrogen (secondary N) is 2. The van der Waals surface area contributed by atoms with E-state index in [9.17, 15) is 24.6 Å². The summed E-state index contributed by atoms with van der Waals surface area (Å²) in [7, 11) is 3.18. The zero-order chi connectivity index (χ0) is 39.2. The maximum atomic E-state index is 14.1. The van der Waals surface area contributed by atoms with Gasteiger partial charge in [0.25, 0.3) is 11.4 Å². The fourth-order valence-corrected chi connectivity index (χ4v) is 6.43. The maximum Gasteiger partial charge on any atom is 0.292 e. The number of rotatable bonds is 13. The van der Waals surface area contributed by atoms with Crippen molar-refractivity contribution in [2.45, 2.75) is 65.7 Å². The van der Waals surface area contributed by atoms with Gasteiger partial charge in [-0.2, -0.15) is 0 Å². The Bertz CT molecular complexity index is 1850. The summed E-state index contributed by atoms with van der Waals surface area (Å²) in [6.45, 7) is 8.75. The fourth-order valence-electron chi connectivity index (χ4n) is 6.43. The highest BCUT2D eigenvalue weighted by molar-refractivity contribution is 5.66. The lowest BCUT2D eigenvalue weighted by molar-refractivity contribution is -0.384. The molecule has 2 N–H and O–H groups in total. The summed E-state index contributed by atoms with van der Waals surface area (Å²) in [4.78, 5) is 25.8. The summed E-state index contributed by atoms with van der Waals surface area (Å²) in [6.07, 6.45) is 1.23. The zero-order valence-corrected chi connectivity index (χ0v) is 31.5. The van der Waals surface area contributed by atoms with E-state index >= 15 is 0 Å². The van der Waals surface area contributed by atoms with Gasteiger partial charge in [-0.3, -0.25) is 20.2 Å². The van der Waals surface area contributed by atoms with Gasteiger partial charge in [-0.05, 0) is 95.8 Å². The van der Waals surface area contributed by atoms with Crippen LogP contribution in [0.25, 0.3) is 0 Å². The minimum absolute atomic E-state index is 0.0681. The third kappa shape index (κ3) is 9.82. The Morgan fingerprint density at radius 2 is 1.02 bits per heavy atom. The lowest BCUT2D eigenvalue weighted by Crippen LogP contribution is -2.26. The first-order valence-corrected chi connectivity index (χ1v) is 18.1. The molecule has 5 aromatic rings. The summed E-state index contributed by atoms with van der Waals surface area (Å²) in [6, 6.07) is 30.6. The van der Waals surface area contributed by atoms with Crippen LogP contribution in [0.5, 0.6) is 11.5 Å². The molecule has 0 saturated carbocycles. The first kappa shape index (κ1) is 40.6. The Labute approximate surface area is 316 Å². The molecule has 284 valence electrons. The smallest absolute Gasteiger partial charge is 0.292 e. The Kier molecular flexibility index (Phi) is 14.7. The number of benzene rings is 5. The van der Waals surface area contributed by atoms with E-state index < -0.39 is 15.7 Å². The molecule has 0 radical (unpaired) electrons. The van der Waals surface area contributed by atoms with Crippen molar-refractivity contribution in [3.05, 3.63) is 157 Å². The van der Waals surface area contributed by atoms with Crippen molar-refractivity contribution in [1.82, 2.24) is 0 Å². The van der Waals surface area contributed by atoms with Gasteiger partial charge in [-0.25, -0.2) is 4.39 Å². The Balaban J connectivity index is 0.00000157. The second-order valence-electron chi connectivity index (χ2n) is 12.0. The van der Waals surface area contributed by atoms with Crippen LogP contribution in [0, 0.1) is 26.0 Å². The number of nitro groups is 2. The van der Waals surface area contributed by atoms with Crippen molar-refractivity contribution >= 4 is 28.4 Å². The number of nitro benzene ring substituents is 2. The standard InChI is InChI=1S/C38H36FN5O6.2C2H6/c1-49-31-13-3-25(4-14-31)23-40-33-17-7-27(21-37(33)43(45)46)35-19-20-36(42(35)30-11-9-29(39)10-12-30)28-8-18-34(38(22-28)44(47)48)41-24-26-5-15-32(50-2)16-6-26;2*1-2/h3-18,21-22,35-36,40-41H,19-20,23-24H2,1-2H3;2*1-2H3. The molecule has 5 aromatic carbocycles. The molecule has 1 saturated heterocycles. The summed E-state index contributed by atoms with van der Waals surface area (Å²) < 4.78 is 24.5. The molecule has 11 nitrogen and oxygen atoms in total. The molecule has 0 aliphatic carbocycles. The van der Waals surface area contributed by atoms with Crippen LogP contribution in [0.1, 0.15) is 74.9 Å². The Morgan fingerprint density at radius 1 is 0.630 bits per heavy atom. The lowest BCUT2D eigenvalue weighted by atomic mass is 10.0. The van der Waals surface area contributed by atoms with Crippen LogP contribution >= 0.6 is 0 Å². The van der Waals surface area contributed by atoms with Crippen molar-refractivity contribution in [3.63, 3.8) is 0 Å². The second kappa shape index (κ2) is 19.6. The van der Waals surface area contributed by atoms with E-state index in [-0.39, 0.29) is 23.5 Å². The highest BCUT2D eigenvalue weighted by Crippen LogP contribution is 2.48. The number of ether oxygens (including phenoxy) is 2. The third-order valence-electron chi connectivity index (χ3n) is 9.00. The van der Waals surface area contributed by atoms with E-state index in [1.54, 1.807) is 50.6 Å². The SMILES string of the molecule is CC.CC.COc1ccc(CNc2ccc(C3CCC(c4ccc(NCc5ccc(OC)cc5)c([N+](=O)[O-])c4)N3c3ccc(F)cc3)cc2[N+](=O)[O-])cc1. The Morgan fingerprint density at radius 3 is 1.37 bits per heavy atom. The number of hydrogen-bond acceptors (Lipinski definition) is 9. The normalized spacial score (nSPS) is 14.5. The van der Waals surface area contributed by atoms with Gasteiger partial charge in [0.1, 0.15) is 28.7 Å². The lowest BCUT2D eigenvalue weighted by Gasteiger charge is -2.33. The summed E-state index contributed by atoms with van der Waals surface area (Å²) in [5, 5.41) is 30.9. The topological polar surface area (TPSA) is 132 Å². The van der Waals surface area contributed by atoms with Crippen LogP contribution in [0.3, 0.4) is 0 Å². The van der Waals surface area contributed by atoms with E-state index in [0.29, 0.717) is 54.1 Å². The van der Waals surface area contributed by atoms with Crippen LogP contribution < -0.4 is 25.0 Å². The Hall–Kier alpha value is -6.17. The van der Waals surface area contributed by atoms with Gasteiger partial charge in [-0.1, -0.05) is 64.1 Å². The van der Waals surface area contributed by atoms with Gasteiger partial charge in [-0.15, -0.1) is 0 Å². The number of anilines is 3. The second-order valence-corrected chi connectivity index (χ2v) is 12.0. The molecule has 12 heteroatoms. The van der Waals surface area contributed by atoms with Crippen molar-refractivity contribution < 1.29 is 23.7 Å². The quantitative estimate of drug-likeness (QED) is 0.0895. The monoisotopic (exact) mass is 737 g/mol. The molecule has 0 amide bonds. The van der Waals surface area contributed by atoms with E-state index in [2.05, 4.69) is 15.5 Å². The van der Waals surface area contributed by atoms with Crippen molar-refractivity contribution in [3.8, 4) is 11.5 Å². The first-order chi connectivity index (χ1) is 26.2. The molecule has 1 aliphatic heterocycles. The number of halogens is 1. The first-order valence-electron chi connectivity index (χ1n) is 18.1. The van der Waals surface area contributed by atoms with Crippen LogP contribution in [0.15, 0.2) is 109 Å². The van der Waals surface area contributed by atoms with Gasteiger partial charge in [0, 0.05) is 30.9 Å². The van der Waals surface area contributed by atoms with Gasteiger partial charge in [0.2, 0.25) is 0 Å². The molecule has 6 rings (SSSR count). The molecule has 0 aromatic heterocycles. The number of nitrogens with zero attached hydrogens (tertiary/aromatic N) is 3. The van der Waals surface area contributed by atoms with Gasteiger partial charge < -0.3 is 25.0 Å². The van der Waals surface area contributed by atoms with Gasteiger partial charge >= 0.3 is 0 Å². The van der Waals surface area contributed by atoms with Gasteiger partial charge in [0.05, 0.1) is 36.1 Å². The maximum absolute atomic E-state index is 14.1. The molecule has 1 aliphatic rings. The molecule has 0 spiro atoms. The number of methoxy groups -OCH3 is 2. The largest absolute Gasteiger partial charge is 0.497 e. The molecule has 1 heterocycles. The van der Waals surface area contributed by atoms with E-state index in [1.807, 2.05) is 88.4 Å². The molecule has 2 unspecified atom stereocenters. The van der Waals surface area contributed by atoms with Crippen molar-refractivity contribution in [2.75, 3.05) is 29.8 Å². The van der Waals surface area contributed by atoms with E-state index in [4.69, 9.17) is 9.47 Å². The van der Waals surface area contributed by atoms with E-state index in [0.717, 1.165) is 22.6 Å². The van der Waals surface area contributed by atoms with E-state index in [1.165, 1.54) is 12.1 Å². The molecule has 54 heavy (non-hydrogen) atoms. The van der Waals surface area contributed by atoms with Crippen molar-refractivity contribution in [2.24, 2.45) is 0 Å². The van der Waals surface area contributed by atoms with Crippen LogP contribution in [-0.2, 0) is 13.1 Å². The molecule has 0 bridgehead atoms. The predicted molar refractivity (Wildman–Crippen MR) is 213 cm³/mol. The number of hydrogen-bond donors (Lipinski definition) is 2. The van der Waals surface area contributed by atoms with Crippen LogP contribution in [-0.4, -0.2) is 24.1 Å². The van der Waals surface area contributed by atoms with Gasteiger partial charge in [0.15, 0.2) is 0 Å². The van der Waals surface area contributed by atoms with Crippen molar-refractivity contribution in [1.29, 1.82) is 0 Å². The molecular weight excluding hydrogens is 689 g/mol. The molecular formula is C42H48FN5O6. The molecule has 1 fully saturated rings. The fraction of sp³-hybridized carbons (Fsp3) is 0.286.